The molecule has 1 saturated heterocycles. The van der Waals surface area contributed by atoms with Crippen molar-refractivity contribution in [3.63, 3.8) is 0 Å². The maximum absolute atomic E-state index is 13.4. The molecule has 25 heavy (non-hydrogen) atoms. The standard InChI is InChI=1S/C19H26F2N4/c1-12(19-13(2)23-24(4)14(19)3)22-10-15-7-8-25(11-15)16-5-6-17(20)18(21)9-16/h5-6,9,12,15,22H,7-8,10-11H2,1-4H3/t12-,15-/m0/s1. The third-order valence-corrected chi connectivity index (χ3v) is 5.26. The summed E-state index contributed by atoms with van der Waals surface area (Å²) >= 11 is 0. The van der Waals surface area contributed by atoms with Gasteiger partial charge < -0.3 is 10.2 Å². The molecule has 0 spiro atoms. The van der Waals surface area contributed by atoms with Gasteiger partial charge in [0.2, 0.25) is 0 Å². The van der Waals surface area contributed by atoms with Crippen molar-refractivity contribution in [2.45, 2.75) is 33.2 Å². The van der Waals surface area contributed by atoms with Crippen molar-refractivity contribution in [1.29, 1.82) is 0 Å². The van der Waals surface area contributed by atoms with Gasteiger partial charge in [-0.1, -0.05) is 0 Å². The second-order valence-electron chi connectivity index (χ2n) is 7.04. The highest BCUT2D eigenvalue weighted by molar-refractivity contribution is 5.47. The summed E-state index contributed by atoms with van der Waals surface area (Å²) in [6.45, 7) is 8.93. The summed E-state index contributed by atoms with van der Waals surface area (Å²) in [5.41, 5.74) is 4.27. The predicted molar refractivity (Wildman–Crippen MR) is 95.8 cm³/mol. The number of hydrogen-bond acceptors (Lipinski definition) is 3. The summed E-state index contributed by atoms with van der Waals surface area (Å²) in [5.74, 6) is -1.08. The van der Waals surface area contributed by atoms with E-state index in [4.69, 9.17) is 0 Å². The summed E-state index contributed by atoms with van der Waals surface area (Å²) in [4.78, 5) is 2.13. The maximum atomic E-state index is 13.4. The zero-order chi connectivity index (χ0) is 18.1. The van der Waals surface area contributed by atoms with Crippen molar-refractivity contribution in [2.24, 2.45) is 13.0 Å². The van der Waals surface area contributed by atoms with Crippen LogP contribution in [-0.4, -0.2) is 29.4 Å². The normalized spacial score (nSPS) is 18.8. The van der Waals surface area contributed by atoms with E-state index in [0.717, 1.165) is 37.4 Å². The second kappa shape index (κ2) is 7.12. The number of rotatable bonds is 5. The van der Waals surface area contributed by atoms with Gasteiger partial charge in [-0.3, -0.25) is 4.68 Å². The Balaban J connectivity index is 1.57. The van der Waals surface area contributed by atoms with Crippen LogP contribution in [0.15, 0.2) is 18.2 Å². The average molecular weight is 348 g/mol. The van der Waals surface area contributed by atoms with E-state index in [1.54, 1.807) is 6.07 Å². The van der Waals surface area contributed by atoms with Crippen LogP contribution in [0.2, 0.25) is 0 Å². The Bertz CT molecular complexity index is 756. The van der Waals surface area contributed by atoms with Crippen molar-refractivity contribution in [3.05, 3.63) is 46.8 Å². The molecular formula is C19H26F2N4. The van der Waals surface area contributed by atoms with Gasteiger partial charge in [-0.05, 0) is 45.2 Å². The van der Waals surface area contributed by atoms with Gasteiger partial charge in [0.1, 0.15) is 0 Å². The van der Waals surface area contributed by atoms with Crippen LogP contribution in [0.3, 0.4) is 0 Å². The number of hydrogen-bond donors (Lipinski definition) is 1. The second-order valence-corrected chi connectivity index (χ2v) is 7.04. The number of anilines is 1. The predicted octanol–water partition coefficient (Wildman–Crippen LogP) is 3.49. The molecule has 0 radical (unpaired) electrons. The smallest absolute Gasteiger partial charge is 0.160 e. The Morgan fingerprint density at radius 2 is 2.04 bits per heavy atom. The van der Waals surface area contributed by atoms with Crippen LogP contribution in [0, 0.1) is 31.4 Å². The fraction of sp³-hybridized carbons (Fsp3) is 0.526. The Morgan fingerprint density at radius 3 is 2.68 bits per heavy atom. The molecule has 0 bridgehead atoms. The van der Waals surface area contributed by atoms with Gasteiger partial charge in [-0.15, -0.1) is 0 Å². The lowest BCUT2D eigenvalue weighted by molar-refractivity contribution is 0.470. The van der Waals surface area contributed by atoms with Gasteiger partial charge in [0.25, 0.3) is 0 Å². The van der Waals surface area contributed by atoms with Gasteiger partial charge in [0.15, 0.2) is 11.6 Å². The summed E-state index contributed by atoms with van der Waals surface area (Å²) in [6, 6.07) is 4.38. The molecule has 0 unspecified atom stereocenters. The summed E-state index contributed by atoms with van der Waals surface area (Å²) in [5, 5.41) is 8.10. The van der Waals surface area contributed by atoms with Crippen LogP contribution in [0.25, 0.3) is 0 Å². The van der Waals surface area contributed by atoms with Crippen LogP contribution < -0.4 is 10.2 Å². The molecule has 2 atom stereocenters. The topological polar surface area (TPSA) is 33.1 Å². The van der Waals surface area contributed by atoms with Crippen molar-refractivity contribution in [3.8, 4) is 0 Å². The molecule has 0 aliphatic carbocycles. The summed E-state index contributed by atoms with van der Waals surface area (Å²) in [6.07, 6.45) is 1.05. The summed E-state index contributed by atoms with van der Waals surface area (Å²) in [7, 11) is 1.97. The molecule has 2 aromatic rings. The third-order valence-electron chi connectivity index (χ3n) is 5.26. The lowest BCUT2D eigenvalue weighted by Gasteiger charge is -2.20. The van der Waals surface area contributed by atoms with E-state index >= 15 is 0 Å². The number of nitrogens with zero attached hydrogens (tertiary/aromatic N) is 3. The highest BCUT2D eigenvalue weighted by Crippen LogP contribution is 2.26. The number of aryl methyl sites for hydroxylation is 2. The van der Waals surface area contributed by atoms with Crippen molar-refractivity contribution in [2.75, 3.05) is 24.5 Å². The summed E-state index contributed by atoms with van der Waals surface area (Å²) < 4.78 is 28.4. The first-order valence-corrected chi connectivity index (χ1v) is 8.80. The van der Waals surface area contributed by atoms with Gasteiger partial charge in [-0.25, -0.2) is 8.78 Å². The molecule has 3 rings (SSSR count). The van der Waals surface area contributed by atoms with E-state index in [9.17, 15) is 8.78 Å². The largest absolute Gasteiger partial charge is 0.371 e. The van der Waals surface area contributed by atoms with Crippen molar-refractivity contribution in [1.82, 2.24) is 15.1 Å². The molecule has 1 aliphatic rings. The molecule has 6 heteroatoms. The highest BCUT2D eigenvalue weighted by Gasteiger charge is 2.24. The Labute approximate surface area is 147 Å². The zero-order valence-electron chi connectivity index (χ0n) is 15.3. The number of halogens is 2. The lowest BCUT2D eigenvalue weighted by atomic mass is 10.0. The molecule has 1 N–H and O–H groups in total. The maximum Gasteiger partial charge on any atom is 0.160 e. The van der Waals surface area contributed by atoms with Crippen molar-refractivity contribution < 1.29 is 8.78 Å². The first kappa shape index (κ1) is 17.9. The fourth-order valence-electron chi connectivity index (χ4n) is 3.78. The van der Waals surface area contributed by atoms with Gasteiger partial charge in [0.05, 0.1) is 5.69 Å². The molecular weight excluding hydrogens is 322 g/mol. The number of nitrogens with one attached hydrogen (secondary N) is 1. The third kappa shape index (κ3) is 3.68. The van der Waals surface area contributed by atoms with E-state index in [1.165, 1.54) is 23.4 Å². The zero-order valence-corrected chi connectivity index (χ0v) is 15.3. The highest BCUT2D eigenvalue weighted by atomic mass is 19.2. The van der Waals surface area contributed by atoms with Gasteiger partial charge in [-0.2, -0.15) is 5.10 Å². The van der Waals surface area contributed by atoms with Gasteiger partial charge >= 0.3 is 0 Å². The molecule has 136 valence electrons. The fourth-order valence-corrected chi connectivity index (χ4v) is 3.78. The molecule has 2 heterocycles. The van der Waals surface area contributed by atoms with E-state index in [0.29, 0.717) is 5.92 Å². The van der Waals surface area contributed by atoms with Crippen molar-refractivity contribution >= 4 is 5.69 Å². The molecule has 1 aliphatic heterocycles. The molecule has 1 aromatic carbocycles. The number of aromatic nitrogens is 2. The first-order chi connectivity index (χ1) is 11.9. The van der Waals surface area contributed by atoms with Crippen LogP contribution in [0.5, 0.6) is 0 Å². The minimum atomic E-state index is -0.794. The van der Waals surface area contributed by atoms with Crippen LogP contribution in [0.4, 0.5) is 14.5 Å². The Kier molecular flexibility index (Phi) is 5.08. The Hall–Kier alpha value is -1.95. The van der Waals surface area contributed by atoms with Crippen LogP contribution in [0.1, 0.15) is 36.3 Å². The van der Waals surface area contributed by atoms with E-state index in [1.807, 2.05) is 18.7 Å². The van der Waals surface area contributed by atoms with E-state index in [-0.39, 0.29) is 6.04 Å². The molecule has 1 fully saturated rings. The van der Waals surface area contributed by atoms with Gasteiger partial charge in [0, 0.05) is 55.7 Å². The monoisotopic (exact) mass is 348 g/mol. The molecule has 4 nitrogen and oxygen atoms in total. The van der Waals surface area contributed by atoms with Crippen LogP contribution in [-0.2, 0) is 7.05 Å². The minimum absolute atomic E-state index is 0.242. The minimum Gasteiger partial charge on any atom is -0.371 e. The molecule has 0 saturated carbocycles. The Morgan fingerprint density at radius 1 is 1.28 bits per heavy atom. The number of benzene rings is 1. The lowest BCUT2D eigenvalue weighted by Crippen LogP contribution is -2.28. The quantitative estimate of drug-likeness (QED) is 0.898. The average Bonchev–Trinajstić information content (AvgIpc) is 3.13. The van der Waals surface area contributed by atoms with E-state index in [2.05, 4.69) is 29.2 Å². The first-order valence-electron chi connectivity index (χ1n) is 8.80. The SMILES string of the molecule is Cc1nn(C)c(C)c1[C@H](C)NC[C@@H]1CCN(c2ccc(F)c(F)c2)C1. The molecule has 0 amide bonds. The van der Waals surface area contributed by atoms with Crippen LogP contribution >= 0.6 is 0 Å². The molecule has 1 aromatic heterocycles. The van der Waals surface area contributed by atoms with E-state index < -0.39 is 11.6 Å².